The van der Waals surface area contributed by atoms with Crippen molar-refractivity contribution in [3.63, 3.8) is 0 Å². The van der Waals surface area contributed by atoms with Crippen LogP contribution in [0.4, 0.5) is 0 Å². The van der Waals surface area contributed by atoms with Crippen molar-refractivity contribution >= 4 is 7.82 Å². The smallest absolute Gasteiger partial charge is 0.404 e. The highest BCUT2D eigenvalue weighted by atomic mass is 31.2. The first-order valence-electron chi connectivity index (χ1n) is 10.4. The van der Waals surface area contributed by atoms with E-state index in [1.165, 1.54) is 11.1 Å². The summed E-state index contributed by atoms with van der Waals surface area (Å²) in [6.45, 7) is 1.74. The maximum Gasteiger partial charge on any atom is 0.527 e. The predicted octanol–water partition coefficient (Wildman–Crippen LogP) is 7.17. The maximum absolute atomic E-state index is 11.9. The molecule has 32 heavy (non-hydrogen) atoms. The third-order valence-corrected chi connectivity index (χ3v) is 5.59. The lowest BCUT2D eigenvalue weighted by atomic mass is 10.1. The second-order valence-electron chi connectivity index (χ2n) is 7.21. The minimum atomic E-state index is -4.11. The first-order valence-corrected chi connectivity index (χ1v) is 11.9. The van der Waals surface area contributed by atoms with E-state index in [-0.39, 0.29) is 0 Å². The molecule has 1 unspecified atom stereocenters. The number of benzene rings is 4. The van der Waals surface area contributed by atoms with Crippen molar-refractivity contribution in [1.29, 1.82) is 0 Å². The van der Waals surface area contributed by atoms with Gasteiger partial charge in [0.15, 0.2) is 0 Å². The largest absolute Gasteiger partial charge is 0.527 e. The average molecular weight is 446 g/mol. The molecule has 0 radical (unpaired) electrons. The van der Waals surface area contributed by atoms with Gasteiger partial charge in [0.05, 0.1) is 6.10 Å². The van der Waals surface area contributed by atoms with Gasteiger partial charge in [-0.05, 0) is 42.2 Å². The molecule has 0 fully saturated rings. The molecular formula is C27H27O4P. The summed E-state index contributed by atoms with van der Waals surface area (Å²) >= 11 is 0. The van der Waals surface area contributed by atoms with Gasteiger partial charge >= 0.3 is 7.82 Å². The van der Waals surface area contributed by atoms with Crippen molar-refractivity contribution < 1.29 is 18.5 Å². The van der Waals surface area contributed by atoms with E-state index in [4.69, 9.17) is 9.05 Å². The average Bonchev–Trinajstić information content (AvgIpc) is 2.81. The fourth-order valence-electron chi connectivity index (χ4n) is 3.11. The second-order valence-corrected chi connectivity index (χ2v) is 8.54. The van der Waals surface area contributed by atoms with Crippen LogP contribution in [0, 0.1) is 0 Å². The third kappa shape index (κ3) is 8.16. The Bertz CT molecular complexity index is 1050. The number of hydrogen-bond donors (Lipinski definition) is 1. The minimum absolute atomic E-state index is 0.310. The fraction of sp³-hybridized carbons (Fsp3) is 0.111. The monoisotopic (exact) mass is 446 g/mol. The highest BCUT2D eigenvalue weighted by Gasteiger charge is 2.26. The SMILES string of the molecule is C[C@@H](Cc1ccccc1)OP(=O)(O)Oc1ccccc1.c1ccc(-c2ccccc2)cc1. The summed E-state index contributed by atoms with van der Waals surface area (Å²) in [5.74, 6) is 0.310. The van der Waals surface area contributed by atoms with E-state index in [1.54, 1.807) is 37.3 Å². The van der Waals surface area contributed by atoms with Crippen LogP contribution in [0.2, 0.25) is 0 Å². The molecule has 4 nitrogen and oxygen atoms in total. The number of rotatable bonds is 7. The Kier molecular flexibility index (Phi) is 8.82. The summed E-state index contributed by atoms with van der Waals surface area (Å²) in [4.78, 5) is 9.73. The topological polar surface area (TPSA) is 55.8 Å². The van der Waals surface area contributed by atoms with E-state index in [9.17, 15) is 9.46 Å². The molecule has 0 heterocycles. The fourth-order valence-corrected chi connectivity index (χ4v) is 4.07. The number of hydrogen-bond acceptors (Lipinski definition) is 3. The third-order valence-electron chi connectivity index (χ3n) is 4.52. The first-order chi connectivity index (χ1) is 15.5. The van der Waals surface area contributed by atoms with Crippen LogP contribution >= 0.6 is 7.82 Å². The highest BCUT2D eigenvalue weighted by Crippen LogP contribution is 2.45. The van der Waals surface area contributed by atoms with Gasteiger partial charge in [-0.3, -0.25) is 9.42 Å². The zero-order valence-corrected chi connectivity index (χ0v) is 18.8. The van der Waals surface area contributed by atoms with Gasteiger partial charge in [-0.15, -0.1) is 0 Å². The van der Waals surface area contributed by atoms with Gasteiger partial charge in [-0.1, -0.05) is 109 Å². The van der Waals surface area contributed by atoms with Crippen LogP contribution in [0.25, 0.3) is 11.1 Å². The molecule has 5 heteroatoms. The predicted molar refractivity (Wildman–Crippen MR) is 129 cm³/mol. The zero-order valence-electron chi connectivity index (χ0n) is 18.0. The van der Waals surface area contributed by atoms with Crippen LogP contribution in [0.3, 0.4) is 0 Å². The molecular weight excluding hydrogens is 419 g/mol. The summed E-state index contributed by atoms with van der Waals surface area (Å²) in [5.41, 5.74) is 3.59. The van der Waals surface area contributed by atoms with Gasteiger partial charge in [0.1, 0.15) is 5.75 Å². The molecule has 0 spiro atoms. The molecule has 0 aliphatic heterocycles. The van der Waals surface area contributed by atoms with Crippen LogP contribution in [0.15, 0.2) is 121 Å². The molecule has 4 aromatic carbocycles. The van der Waals surface area contributed by atoms with E-state index < -0.39 is 13.9 Å². The van der Waals surface area contributed by atoms with Crippen molar-refractivity contribution in [1.82, 2.24) is 0 Å². The summed E-state index contributed by atoms with van der Waals surface area (Å²) in [7, 11) is -4.11. The van der Waals surface area contributed by atoms with Gasteiger partial charge < -0.3 is 4.52 Å². The van der Waals surface area contributed by atoms with Crippen molar-refractivity contribution in [2.45, 2.75) is 19.4 Å². The van der Waals surface area contributed by atoms with E-state index in [1.807, 2.05) is 42.5 Å². The Hall–Kier alpha value is -3.17. The summed E-state index contributed by atoms with van der Waals surface area (Å²) in [6.07, 6.45) is 0.126. The van der Waals surface area contributed by atoms with Crippen LogP contribution in [0.5, 0.6) is 5.75 Å². The Morgan fingerprint density at radius 1 is 0.688 bits per heavy atom. The highest BCUT2D eigenvalue weighted by molar-refractivity contribution is 7.47. The molecule has 0 aliphatic rings. The van der Waals surface area contributed by atoms with Crippen LogP contribution in [-0.2, 0) is 15.5 Å². The first kappa shape index (κ1) is 23.5. The second kappa shape index (κ2) is 12.0. The van der Waals surface area contributed by atoms with Gasteiger partial charge in [-0.2, -0.15) is 0 Å². The van der Waals surface area contributed by atoms with Crippen molar-refractivity contribution in [2.75, 3.05) is 0 Å². The molecule has 2 atom stereocenters. The number of phosphoric ester groups is 1. The summed E-state index contributed by atoms with van der Waals surface area (Å²) < 4.78 is 22.0. The molecule has 4 rings (SSSR count). The molecule has 0 saturated heterocycles. The molecule has 4 aromatic rings. The van der Waals surface area contributed by atoms with Gasteiger partial charge in [0.25, 0.3) is 0 Å². The normalized spacial score (nSPS) is 13.2. The molecule has 164 valence electrons. The summed E-state index contributed by atoms with van der Waals surface area (Å²) in [6, 6.07) is 38.9. The van der Waals surface area contributed by atoms with Crippen LogP contribution < -0.4 is 4.52 Å². The summed E-state index contributed by atoms with van der Waals surface area (Å²) in [5, 5.41) is 0. The van der Waals surface area contributed by atoms with Crippen LogP contribution in [0.1, 0.15) is 12.5 Å². The lowest BCUT2D eigenvalue weighted by molar-refractivity contribution is 0.150. The Labute approximate surface area is 189 Å². The van der Waals surface area contributed by atoms with E-state index >= 15 is 0 Å². The number of para-hydroxylation sites is 1. The standard InChI is InChI=1S/C15H17O4P.C12H10/c1-13(12-14-8-4-2-5-9-14)18-20(16,17)19-15-10-6-3-7-11-15;1-3-7-11(8-4-1)12-9-5-2-6-10-12/h2-11,13H,12H2,1H3,(H,16,17);1-10H/t13-;/m0./s1. The van der Waals surface area contributed by atoms with E-state index in [0.717, 1.165) is 5.56 Å². The maximum atomic E-state index is 11.9. The Morgan fingerprint density at radius 3 is 1.56 bits per heavy atom. The van der Waals surface area contributed by atoms with Gasteiger partial charge in [0, 0.05) is 0 Å². The molecule has 0 saturated carbocycles. The van der Waals surface area contributed by atoms with Crippen molar-refractivity contribution in [3.8, 4) is 16.9 Å². The minimum Gasteiger partial charge on any atom is -0.404 e. The molecule has 0 amide bonds. The number of phosphoric acid groups is 1. The van der Waals surface area contributed by atoms with Crippen molar-refractivity contribution in [3.05, 3.63) is 127 Å². The molecule has 0 aliphatic carbocycles. The van der Waals surface area contributed by atoms with Gasteiger partial charge in [-0.25, -0.2) is 4.57 Å². The van der Waals surface area contributed by atoms with E-state index in [0.29, 0.717) is 12.2 Å². The molecule has 0 bridgehead atoms. The van der Waals surface area contributed by atoms with Crippen LogP contribution in [-0.4, -0.2) is 11.0 Å². The molecule has 0 aromatic heterocycles. The lowest BCUT2D eigenvalue weighted by Crippen LogP contribution is -2.12. The Balaban J connectivity index is 0.000000204. The van der Waals surface area contributed by atoms with Gasteiger partial charge in [0.2, 0.25) is 0 Å². The van der Waals surface area contributed by atoms with Crippen molar-refractivity contribution in [2.24, 2.45) is 0 Å². The zero-order chi connectivity index (χ0) is 22.7. The molecule has 1 N–H and O–H groups in total. The van der Waals surface area contributed by atoms with E-state index in [2.05, 4.69) is 48.5 Å². The quantitative estimate of drug-likeness (QED) is 0.306. The lowest BCUT2D eigenvalue weighted by Gasteiger charge is -2.18. The Morgan fingerprint density at radius 2 is 1.09 bits per heavy atom.